The molecule has 0 aliphatic heterocycles. The first kappa shape index (κ1) is 15.0. The van der Waals surface area contributed by atoms with Crippen LogP contribution in [-0.2, 0) is 16.8 Å². The first-order valence-corrected chi connectivity index (χ1v) is 7.69. The quantitative estimate of drug-likeness (QED) is 0.929. The summed E-state index contributed by atoms with van der Waals surface area (Å²) in [5, 5.41) is 18.1. The lowest BCUT2D eigenvalue weighted by Gasteiger charge is -2.35. The molecular weight excluding hydrogens is 308 g/mol. The van der Waals surface area contributed by atoms with Gasteiger partial charge in [-0.2, -0.15) is 10.1 Å². The molecule has 0 bridgehead atoms. The van der Waals surface area contributed by atoms with Gasteiger partial charge in [0.1, 0.15) is 0 Å². The summed E-state index contributed by atoms with van der Waals surface area (Å²) >= 11 is 5.88. The van der Waals surface area contributed by atoms with Crippen molar-refractivity contribution in [1.82, 2.24) is 19.9 Å². The molecule has 0 amide bonds. The number of nitrogens with zero attached hydrogens (tertiary/aromatic N) is 4. The van der Waals surface area contributed by atoms with E-state index in [1.165, 1.54) is 10.9 Å². The zero-order valence-electron chi connectivity index (χ0n) is 12.2. The van der Waals surface area contributed by atoms with Gasteiger partial charge in [0.25, 0.3) is 0 Å². The molecule has 1 saturated carbocycles. The van der Waals surface area contributed by atoms with Gasteiger partial charge in [-0.25, -0.2) is 4.79 Å². The second-order valence-electron chi connectivity index (χ2n) is 5.62. The van der Waals surface area contributed by atoms with Gasteiger partial charge in [0, 0.05) is 18.5 Å². The zero-order valence-corrected chi connectivity index (χ0v) is 13.0. The average molecular weight is 325 g/mol. The lowest BCUT2D eigenvalue weighted by molar-refractivity contribution is -0.150. The van der Waals surface area contributed by atoms with Gasteiger partial charge in [-0.1, -0.05) is 23.7 Å². The highest BCUT2D eigenvalue weighted by molar-refractivity contribution is 6.30. The fraction of sp³-hybridized carbons (Fsp3) is 0.571. The van der Waals surface area contributed by atoms with Gasteiger partial charge in [0.15, 0.2) is 11.4 Å². The topological polar surface area (TPSA) is 94.0 Å². The van der Waals surface area contributed by atoms with E-state index in [4.69, 9.17) is 16.1 Å². The van der Waals surface area contributed by atoms with E-state index in [0.29, 0.717) is 42.4 Å². The number of carboxylic acids is 1. The molecule has 2 aromatic heterocycles. The first-order valence-electron chi connectivity index (χ1n) is 7.31. The molecule has 1 N–H and O–H groups in total. The molecule has 0 saturated heterocycles. The van der Waals surface area contributed by atoms with E-state index in [9.17, 15) is 9.90 Å². The third-order valence-electron chi connectivity index (χ3n) is 4.35. The van der Waals surface area contributed by atoms with E-state index in [1.54, 1.807) is 6.20 Å². The van der Waals surface area contributed by atoms with Gasteiger partial charge in [-0.05, 0) is 25.7 Å². The van der Waals surface area contributed by atoms with E-state index >= 15 is 0 Å². The largest absolute Gasteiger partial charge is 0.479 e. The monoisotopic (exact) mass is 324 g/mol. The molecule has 2 heterocycles. The molecule has 0 aromatic carbocycles. The van der Waals surface area contributed by atoms with Crippen LogP contribution in [0.25, 0.3) is 0 Å². The molecule has 0 atom stereocenters. The second-order valence-corrected chi connectivity index (χ2v) is 6.05. The van der Waals surface area contributed by atoms with E-state index in [0.717, 1.165) is 6.42 Å². The van der Waals surface area contributed by atoms with Crippen LogP contribution in [0.2, 0.25) is 5.02 Å². The Bertz CT molecular complexity index is 673. The van der Waals surface area contributed by atoms with Crippen molar-refractivity contribution >= 4 is 17.6 Å². The standard InChI is InChI=1S/C14H17ClN4O3/c1-2-11-17-12(22-18-11)9-3-5-14(6-4-9,13(20)21)19-8-10(15)7-16-19/h7-9H,2-6H2,1H3,(H,20,21). The predicted octanol–water partition coefficient (Wildman–Crippen LogP) is 2.62. The van der Waals surface area contributed by atoms with Gasteiger partial charge in [0.2, 0.25) is 5.89 Å². The Morgan fingerprint density at radius 1 is 1.55 bits per heavy atom. The minimum Gasteiger partial charge on any atom is -0.479 e. The number of aromatic nitrogens is 4. The Morgan fingerprint density at radius 3 is 2.77 bits per heavy atom. The summed E-state index contributed by atoms with van der Waals surface area (Å²) in [5.74, 6) is 0.509. The molecule has 1 aliphatic rings. The van der Waals surface area contributed by atoms with E-state index in [-0.39, 0.29) is 5.92 Å². The Balaban J connectivity index is 1.79. The van der Waals surface area contributed by atoms with Crippen molar-refractivity contribution in [2.75, 3.05) is 0 Å². The fourth-order valence-corrected chi connectivity index (χ4v) is 3.13. The van der Waals surface area contributed by atoms with Gasteiger partial charge in [-0.3, -0.25) is 4.68 Å². The van der Waals surface area contributed by atoms with Crippen LogP contribution in [0.3, 0.4) is 0 Å². The van der Waals surface area contributed by atoms with Crippen LogP contribution in [0.1, 0.15) is 50.2 Å². The molecule has 3 rings (SSSR count). The molecule has 1 fully saturated rings. The normalized spacial score (nSPS) is 25.3. The Labute approximate surface area is 132 Å². The Kier molecular flexibility index (Phi) is 3.90. The maximum absolute atomic E-state index is 11.8. The SMILES string of the molecule is CCc1noc(C2CCC(C(=O)O)(n3cc(Cl)cn3)CC2)n1. The summed E-state index contributed by atoms with van der Waals surface area (Å²) in [5.41, 5.74) is -1.04. The van der Waals surface area contributed by atoms with Crippen molar-refractivity contribution in [3.8, 4) is 0 Å². The molecule has 2 aromatic rings. The summed E-state index contributed by atoms with van der Waals surface area (Å²) in [4.78, 5) is 16.2. The van der Waals surface area contributed by atoms with Crippen LogP contribution < -0.4 is 0 Å². The van der Waals surface area contributed by atoms with Gasteiger partial charge in [0.05, 0.1) is 11.2 Å². The lowest BCUT2D eigenvalue weighted by atomic mass is 9.76. The fourth-order valence-electron chi connectivity index (χ4n) is 3.00. The summed E-state index contributed by atoms with van der Waals surface area (Å²) in [7, 11) is 0. The molecular formula is C14H17ClN4O3. The highest BCUT2D eigenvalue weighted by atomic mass is 35.5. The average Bonchev–Trinajstić information content (AvgIpc) is 3.16. The number of rotatable bonds is 4. The molecule has 22 heavy (non-hydrogen) atoms. The third kappa shape index (κ3) is 2.49. The van der Waals surface area contributed by atoms with Crippen LogP contribution in [0.15, 0.2) is 16.9 Å². The second kappa shape index (κ2) is 5.72. The smallest absolute Gasteiger partial charge is 0.331 e. The maximum atomic E-state index is 11.8. The summed E-state index contributed by atoms with van der Waals surface area (Å²) in [6.07, 6.45) is 5.98. The number of hydrogen-bond acceptors (Lipinski definition) is 5. The minimum atomic E-state index is -1.04. The molecule has 7 nitrogen and oxygen atoms in total. The molecule has 1 aliphatic carbocycles. The molecule has 0 radical (unpaired) electrons. The molecule has 8 heteroatoms. The van der Waals surface area contributed by atoms with Crippen LogP contribution >= 0.6 is 11.6 Å². The zero-order chi connectivity index (χ0) is 15.7. The number of carboxylic acid groups (broad SMARTS) is 1. The maximum Gasteiger partial charge on any atom is 0.331 e. The number of aryl methyl sites for hydroxylation is 1. The van der Waals surface area contributed by atoms with Gasteiger partial charge < -0.3 is 9.63 Å². The van der Waals surface area contributed by atoms with Crippen molar-refractivity contribution in [1.29, 1.82) is 0 Å². The number of aliphatic carboxylic acids is 1. The van der Waals surface area contributed by atoms with E-state index in [2.05, 4.69) is 15.2 Å². The highest BCUT2D eigenvalue weighted by Gasteiger charge is 2.45. The Hall–Kier alpha value is -1.89. The van der Waals surface area contributed by atoms with E-state index < -0.39 is 11.5 Å². The minimum absolute atomic E-state index is 0.103. The van der Waals surface area contributed by atoms with Crippen molar-refractivity contribution in [3.63, 3.8) is 0 Å². The number of halogens is 1. The summed E-state index contributed by atoms with van der Waals surface area (Å²) < 4.78 is 6.75. The third-order valence-corrected chi connectivity index (χ3v) is 4.54. The summed E-state index contributed by atoms with van der Waals surface area (Å²) in [6.45, 7) is 1.96. The van der Waals surface area contributed by atoms with Crippen LogP contribution in [0.5, 0.6) is 0 Å². The van der Waals surface area contributed by atoms with E-state index in [1.807, 2.05) is 6.92 Å². The number of carbonyl (C=O) groups is 1. The highest BCUT2D eigenvalue weighted by Crippen LogP contribution is 2.41. The lowest BCUT2D eigenvalue weighted by Crippen LogP contribution is -2.45. The van der Waals surface area contributed by atoms with Crippen molar-refractivity contribution in [3.05, 3.63) is 29.1 Å². The molecule has 118 valence electrons. The summed E-state index contributed by atoms with van der Waals surface area (Å²) in [6, 6.07) is 0. The van der Waals surface area contributed by atoms with Crippen LogP contribution in [0.4, 0.5) is 0 Å². The van der Waals surface area contributed by atoms with Gasteiger partial charge in [-0.15, -0.1) is 0 Å². The van der Waals surface area contributed by atoms with Crippen molar-refractivity contribution in [2.24, 2.45) is 0 Å². The first-order chi connectivity index (χ1) is 10.5. The molecule has 0 spiro atoms. The Morgan fingerprint density at radius 2 is 2.27 bits per heavy atom. The van der Waals surface area contributed by atoms with Crippen LogP contribution in [0, 0.1) is 0 Å². The van der Waals surface area contributed by atoms with Crippen LogP contribution in [-0.4, -0.2) is 31.0 Å². The van der Waals surface area contributed by atoms with Crippen molar-refractivity contribution in [2.45, 2.75) is 50.5 Å². The predicted molar refractivity (Wildman–Crippen MR) is 77.7 cm³/mol. The van der Waals surface area contributed by atoms with Gasteiger partial charge >= 0.3 is 5.97 Å². The van der Waals surface area contributed by atoms with Crippen molar-refractivity contribution < 1.29 is 14.4 Å². The molecule has 0 unspecified atom stereocenters. The number of hydrogen-bond donors (Lipinski definition) is 1.